The fourth-order valence-corrected chi connectivity index (χ4v) is 5.88. The summed E-state index contributed by atoms with van der Waals surface area (Å²) in [7, 11) is 0. The Hall–Kier alpha value is -3.46. The van der Waals surface area contributed by atoms with Gasteiger partial charge in [0.1, 0.15) is 5.76 Å². The number of aromatic nitrogens is 2. The fourth-order valence-electron chi connectivity index (χ4n) is 3.93. The number of aryl methyl sites for hydroxylation is 1. The number of ketones is 1. The van der Waals surface area contributed by atoms with Gasteiger partial charge in [0.2, 0.25) is 5.13 Å². The minimum absolute atomic E-state index is 0.000126. The molecule has 1 saturated heterocycles. The zero-order chi connectivity index (χ0) is 25.2. The number of rotatable bonds is 6. The van der Waals surface area contributed by atoms with Gasteiger partial charge in [-0.15, -0.1) is 10.2 Å². The van der Waals surface area contributed by atoms with Crippen LogP contribution in [0.5, 0.6) is 0 Å². The molecule has 1 aliphatic rings. The number of carbonyl (C=O) groups excluding carboxylic acids is 2. The van der Waals surface area contributed by atoms with Gasteiger partial charge in [0.25, 0.3) is 5.78 Å². The Morgan fingerprint density at radius 3 is 2.39 bits per heavy atom. The van der Waals surface area contributed by atoms with Crippen LogP contribution < -0.4 is 4.90 Å². The van der Waals surface area contributed by atoms with Crippen LogP contribution in [0.2, 0.25) is 5.02 Å². The lowest BCUT2D eigenvalue weighted by molar-refractivity contribution is -0.132. The minimum atomic E-state index is -0.872. The molecule has 9 heteroatoms. The summed E-state index contributed by atoms with van der Waals surface area (Å²) >= 11 is 8.83. The second-order valence-electron chi connectivity index (χ2n) is 8.21. The first-order valence-corrected chi connectivity index (χ1v) is 13.2. The van der Waals surface area contributed by atoms with Gasteiger partial charge in [0, 0.05) is 16.3 Å². The van der Waals surface area contributed by atoms with E-state index in [1.54, 1.807) is 36.4 Å². The molecule has 1 N–H and O–H groups in total. The van der Waals surface area contributed by atoms with E-state index < -0.39 is 17.7 Å². The van der Waals surface area contributed by atoms with Crippen molar-refractivity contribution in [3.63, 3.8) is 0 Å². The van der Waals surface area contributed by atoms with E-state index >= 15 is 0 Å². The zero-order valence-corrected chi connectivity index (χ0v) is 21.5. The number of anilines is 1. The molecule has 1 fully saturated rings. The van der Waals surface area contributed by atoms with E-state index in [2.05, 4.69) is 10.2 Å². The van der Waals surface area contributed by atoms with Gasteiger partial charge in [-0.25, -0.2) is 0 Å². The third-order valence-corrected chi connectivity index (χ3v) is 8.14. The molecule has 0 spiro atoms. The molecule has 180 valence electrons. The molecule has 1 aliphatic heterocycles. The summed E-state index contributed by atoms with van der Waals surface area (Å²) in [6, 6.07) is 23.0. The molecule has 2 heterocycles. The van der Waals surface area contributed by atoms with E-state index in [0.717, 1.165) is 11.1 Å². The number of hydrogen-bond donors (Lipinski definition) is 1. The lowest BCUT2D eigenvalue weighted by Gasteiger charge is -2.22. The van der Waals surface area contributed by atoms with Gasteiger partial charge in [0.15, 0.2) is 4.34 Å². The zero-order valence-electron chi connectivity index (χ0n) is 19.1. The highest BCUT2D eigenvalue weighted by atomic mass is 35.5. The van der Waals surface area contributed by atoms with Gasteiger partial charge in [-0.3, -0.25) is 14.5 Å². The van der Waals surface area contributed by atoms with Crippen molar-refractivity contribution < 1.29 is 14.7 Å². The smallest absolute Gasteiger partial charge is 0.301 e. The second kappa shape index (κ2) is 10.3. The molecule has 0 aliphatic carbocycles. The van der Waals surface area contributed by atoms with Crippen LogP contribution in [0.4, 0.5) is 5.13 Å². The number of hydrogen-bond acceptors (Lipinski definition) is 7. The monoisotopic (exact) mass is 533 g/mol. The largest absolute Gasteiger partial charge is 0.507 e. The predicted molar refractivity (Wildman–Crippen MR) is 143 cm³/mol. The van der Waals surface area contributed by atoms with Crippen molar-refractivity contribution in [1.82, 2.24) is 10.2 Å². The molecule has 36 heavy (non-hydrogen) atoms. The first kappa shape index (κ1) is 24.2. The normalized spacial score (nSPS) is 17.1. The number of benzene rings is 3. The number of carbonyl (C=O) groups is 2. The number of aliphatic hydroxyl groups is 1. The Balaban J connectivity index is 1.55. The molecule has 6 nitrogen and oxygen atoms in total. The van der Waals surface area contributed by atoms with Crippen LogP contribution in [-0.4, -0.2) is 27.0 Å². The Bertz CT molecular complexity index is 1450. The Labute approximate surface area is 221 Å². The van der Waals surface area contributed by atoms with E-state index in [1.807, 2.05) is 49.4 Å². The molecule has 1 amide bonds. The van der Waals surface area contributed by atoms with Crippen molar-refractivity contribution in [3.05, 3.63) is 112 Å². The molecule has 1 unspecified atom stereocenters. The van der Waals surface area contributed by atoms with E-state index in [1.165, 1.54) is 28.0 Å². The molecular weight excluding hydrogens is 514 g/mol. The van der Waals surface area contributed by atoms with E-state index in [4.69, 9.17) is 11.6 Å². The summed E-state index contributed by atoms with van der Waals surface area (Å²) in [5.41, 5.74) is 3.23. The number of thioether (sulfide) groups is 1. The Kier molecular flexibility index (Phi) is 6.91. The fraction of sp³-hybridized carbons (Fsp3) is 0.111. The van der Waals surface area contributed by atoms with E-state index in [0.29, 0.717) is 26.2 Å². The van der Waals surface area contributed by atoms with Crippen molar-refractivity contribution in [1.29, 1.82) is 0 Å². The predicted octanol–water partition coefficient (Wildman–Crippen LogP) is 6.42. The average Bonchev–Trinajstić information content (AvgIpc) is 3.46. The van der Waals surface area contributed by atoms with Crippen LogP contribution in [0.3, 0.4) is 0 Å². The maximum Gasteiger partial charge on any atom is 0.301 e. The van der Waals surface area contributed by atoms with Crippen LogP contribution in [0, 0.1) is 6.92 Å². The molecule has 1 atom stereocenters. The highest BCUT2D eigenvalue weighted by Crippen LogP contribution is 2.44. The Morgan fingerprint density at radius 1 is 1.00 bits per heavy atom. The van der Waals surface area contributed by atoms with E-state index in [-0.39, 0.29) is 16.5 Å². The number of Topliss-reactive ketones (excluding diaryl/α,β-unsaturated/α-hetero) is 1. The van der Waals surface area contributed by atoms with Crippen LogP contribution in [-0.2, 0) is 15.3 Å². The van der Waals surface area contributed by atoms with Crippen LogP contribution in [0.25, 0.3) is 5.76 Å². The molecule has 3 aromatic carbocycles. The summed E-state index contributed by atoms with van der Waals surface area (Å²) in [5, 5.41) is 20.5. The van der Waals surface area contributed by atoms with Gasteiger partial charge in [0.05, 0.1) is 11.6 Å². The van der Waals surface area contributed by atoms with E-state index in [9.17, 15) is 14.7 Å². The highest BCUT2D eigenvalue weighted by molar-refractivity contribution is 8.00. The SMILES string of the molecule is Cc1ccc(/C(O)=C2/C(=O)C(=O)N(c3nnc(SCc4ccccc4)s3)C2c2ccc(Cl)cc2)cc1. The van der Waals surface area contributed by atoms with Crippen LogP contribution >= 0.6 is 34.7 Å². The average molecular weight is 534 g/mol. The molecule has 0 saturated carbocycles. The summed E-state index contributed by atoms with van der Waals surface area (Å²) in [4.78, 5) is 27.9. The number of nitrogens with zero attached hydrogens (tertiary/aromatic N) is 3. The second-order valence-corrected chi connectivity index (χ2v) is 10.8. The minimum Gasteiger partial charge on any atom is -0.507 e. The Morgan fingerprint density at radius 2 is 1.69 bits per heavy atom. The molecular formula is C27H20ClN3O3S2. The summed E-state index contributed by atoms with van der Waals surface area (Å²) < 4.78 is 0.671. The van der Waals surface area contributed by atoms with Crippen molar-refractivity contribution >= 4 is 57.3 Å². The maximum atomic E-state index is 13.3. The number of halogens is 1. The molecule has 0 radical (unpaired) electrons. The molecule has 4 aromatic rings. The topological polar surface area (TPSA) is 83.4 Å². The van der Waals surface area contributed by atoms with Gasteiger partial charge in [-0.1, -0.05) is 107 Å². The summed E-state index contributed by atoms with van der Waals surface area (Å²) in [6.07, 6.45) is 0. The van der Waals surface area contributed by atoms with Gasteiger partial charge >= 0.3 is 5.91 Å². The standard InChI is InChI=1S/C27H20ClN3O3S2/c1-16-7-9-19(10-8-16)23(32)21-22(18-11-13-20(28)14-12-18)31(25(34)24(21)33)26-29-30-27(36-26)35-15-17-5-3-2-4-6-17/h2-14,22,32H,15H2,1H3/b23-21-. The lowest BCUT2D eigenvalue weighted by Crippen LogP contribution is -2.29. The first-order valence-electron chi connectivity index (χ1n) is 11.1. The molecule has 1 aromatic heterocycles. The first-order chi connectivity index (χ1) is 17.4. The highest BCUT2D eigenvalue weighted by Gasteiger charge is 2.48. The summed E-state index contributed by atoms with van der Waals surface area (Å²) in [6.45, 7) is 1.93. The van der Waals surface area contributed by atoms with Crippen molar-refractivity contribution in [2.24, 2.45) is 0 Å². The van der Waals surface area contributed by atoms with Crippen LogP contribution in [0.15, 0.2) is 88.8 Å². The van der Waals surface area contributed by atoms with Gasteiger partial charge in [-0.2, -0.15) is 0 Å². The van der Waals surface area contributed by atoms with Gasteiger partial charge < -0.3 is 5.11 Å². The van der Waals surface area contributed by atoms with Crippen molar-refractivity contribution in [2.75, 3.05) is 4.90 Å². The van der Waals surface area contributed by atoms with Crippen LogP contribution in [0.1, 0.15) is 28.3 Å². The number of amides is 1. The molecule has 0 bridgehead atoms. The maximum absolute atomic E-state index is 13.3. The van der Waals surface area contributed by atoms with Crippen molar-refractivity contribution in [2.45, 2.75) is 23.1 Å². The summed E-state index contributed by atoms with van der Waals surface area (Å²) in [5.74, 6) is -1.08. The third kappa shape index (κ3) is 4.80. The molecule has 5 rings (SSSR count). The lowest BCUT2D eigenvalue weighted by atomic mass is 9.95. The van der Waals surface area contributed by atoms with Crippen molar-refractivity contribution in [3.8, 4) is 0 Å². The third-order valence-electron chi connectivity index (χ3n) is 5.76. The van der Waals surface area contributed by atoms with Gasteiger partial charge in [-0.05, 0) is 30.2 Å². The number of aliphatic hydroxyl groups excluding tert-OH is 1. The quantitative estimate of drug-likeness (QED) is 0.101.